The van der Waals surface area contributed by atoms with E-state index in [0.29, 0.717) is 17.9 Å². The van der Waals surface area contributed by atoms with Crippen molar-refractivity contribution in [3.05, 3.63) is 88.6 Å². The molecule has 2 aromatic rings. The summed E-state index contributed by atoms with van der Waals surface area (Å²) in [5.41, 5.74) is 4.00. The van der Waals surface area contributed by atoms with E-state index in [2.05, 4.69) is 21.2 Å². The maximum absolute atomic E-state index is 12.7. The number of allylic oxidation sites excluding steroid dienone is 1. The quantitative estimate of drug-likeness (QED) is 0.458. The number of carbonyl (C=O) groups excluding carboxylic acids is 1. The summed E-state index contributed by atoms with van der Waals surface area (Å²) in [6.45, 7) is 0.575. The molecule has 30 heavy (non-hydrogen) atoms. The third kappa shape index (κ3) is 4.24. The SMILES string of the molecule is O=C(O)C1=C(/C=C/c2ccc(CBr)cc2)CSC2C(NCc3ccccc3)C(=O)N12. The zero-order valence-electron chi connectivity index (χ0n) is 16.1. The lowest BCUT2D eigenvalue weighted by Crippen LogP contribution is -2.69. The zero-order valence-corrected chi connectivity index (χ0v) is 18.5. The van der Waals surface area contributed by atoms with Gasteiger partial charge in [0, 0.05) is 17.6 Å². The van der Waals surface area contributed by atoms with Crippen molar-refractivity contribution < 1.29 is 14.7 Å². The Hall–Kier alpha value is -2.35. The lowest BCUT2D eigenvalue weighted by Gasteiger charge is -2.49. The Labute approximate surface area is 188 Å². The first-order chi connectivity index (χ1) is 14.6. The topological polar surface area (TPSA) is 69.6 Å². The molecular weight excluding hydrogens is 464 g/mol. The van der Waals surface area contributed by atoms with E-state index in [4.69, 9.17) is 0 Å². The molecular formula is C23H21BrN2O3S. The number of carboxylic acid groups (broad SMARTS) is 1. The maximum atomic E-state index is 12.7. The number of aliphatic carboxylic acids is 1. The number of β-lactam (4-membered cyclic amide) rings is 1. The Morgan fingerprint density at radius 3 is 2.53 bits per heavy atom. The van der Waals surface area contributed by atoms with Gasteiger partial charge in [-0.1, -0.05) is 82.7 Å². The highest BCUT2D eigenvalue weighted by Gasteiger charge is 2.53. The molecule has 2 N–H and O–H groups in total. The van der Waals surface area contributed by atoms with Crippen LogP contribution in [0.25, 0.3) is 6.08 Å². The second-order valence-corrected chi connectivity index (χ2v) is 8.81. The number of hydrogen-bond donors (Lipinski definition) is 2. The highest BCUT2D eigenvalue weighted by Crippen LogP contribution is 2.40. The van der Waals surface area contributed by atoms with Gasteiger partial charge in [-0.25, -0.2) is 4.79 Å². The molecule has 2 unspecified atom stereocenters. The molecule has 0 radical (unpaired) electrons. The van der Waals surface area contributed by atoms with Crippen LogP contribution in [-0.2, 0) is 21.5 Å². The second-order valence-electron chi connectivity index (χ2n) is 7.14. The average Bonchev–Trinajstić information content (AvgIpc) is 2.78. The van der Waals surface area contributed by atoms with Crippen LogP contribution in [0.1, 0.15) is 16.7 Å². The smallest absolute Gasteiger partial charge is 0.352 e. The molecule has 2 atom stereocenters. The molecule has 2 aliphatic rings. The number of halogens is 1. The van der Waals surface area contributed by atoms with Gasteiger partial charge in [-0.3, -0.25) is 15.0 Å². The van der Waals surface area contributed by atoms with Gasteiger partial charge in [0.25, 0.3) is 0 Å². The molecule has 0 aromatic heterocycles. The lowest BCUT2D eigenvalue weighted by atomic mass is 10.0. The summed E-state index contributed by atoms with van der Waals surface area (Å²) in [5, 5.41) is 13.7. The van der Waals surface area contributed by atoms with E-state index in [1.54, 1.807) is 11.8 Å². The van der Waals surface area contributed by atoms with Crippen molar-refractivity contribution in [2.45, 2.75) is 23.3 Å². The van der Waals surface area contributed by atoms with Crippen molar-refractivity contribution in [1.82, 2.24) is 10.2 Å². The van der Waals surface area contributed by atoms with Gasteiger partial charge < -0.3 is 5.11 Å². The molecule has 2 aliphatic heterocycles. The minimum atomic E-state index is -1.07. The average molecular weight is 485 g/mol. The molecule has 1 amide bonds. The van der Waals surface area contributed by atoms with Crippen LogP contribution in [0.15, 0.2) is 71.9 Å². The van der Waals surface area contributed by atoms with Crippen molar-refractivity contribution in [3.8, 4) is 0 Å². The Balaban J connectivity index is 1.49. The molecule has 154 valence electrons. The molecule has 1 saturated heterocycles. The highest BCUT2D eigenvalue weighted by molar-refractivity contribution is 9.08. The number of alkyl halides is 1. The lowest BCUT2D eigenvalue weighted by molar-refractivity contribution is -0.149. The van der Waals surface area contributed by atoms with Gasteiger partial charge in [-0.15, -0.1) is 11.8 Å². The number of carboxylic acids is 1. The van der Waals surface area contributed by atoms with Crippen molar-refractivity contribution in [1.29, 1.82) is 0 Å². The Bertz CT molecular complexity index is 1000. The number of thioether (sulfide) groups is 1. The molecule has 0 spiro atoms. The predicted molar refractivity (Wildman–Crippen MR) is 123 cm³/mol. The normalized spacial score (nSPS) is 21.0. The van der Waals surface area contributed by atoms with Gasteiger partial charge in [-0.05, 0) is 22.3 Å². The molecule has 2 aromatic carbocycles. The van der Waals surface area contributed by atoms with Crippen LogP contribution in [0.5, 0.6) is 0 Å². The number of fused-ring (bicyclic) bond motifs is 1. The van der Waals surface area contributed by atoms with Gasteiger partial charge in [0.05, 0.1) is 0 Å². The number of rotatable bonds is 7. The molecule has 2 heterocycles. The first-order valence-corrected chi connectivity index (χ1v) is 11.8. The Kier molecular flexibility index (Phi) is 6.41. The van der Waals surface area contributed by atoms with Crippen LogP contribution in [0.4, 0.5) is 0 Å². The largest absolute Gasteiger partial charge is 0.477 e. The van der Waals surface area contributed by atoms with Crippen molar-refractivity contribution in [2.75, 3.05) is 5.75 Å². The van der Waals surface area contributed by atoms with Crippen LogP contribution < -0.4 is 5.32 Å². The van der Waals surface area contributed by atoms with E-state index in [1.165, 1.54) is 10.5 Å². The van der Waals surface area contributed by atoms with Crippen LogP contribution in [0, 0.1) is 0 Å². The summed E-state index contributed by atoms with van der Waals surface area (Å²) in [5.74, 6) is -0.701. The molecule has 0 bridgehead atoms. The van der Waals surface area contributed by atoms with Gasteiger partial charge in [0.15, 0.2) is 0 Å². The van der Waals surface area contributed by atoms with Crippen LogP contribution in [0.2, 0.25) is 0 Å². The van der Waals surface area contributed by atoms with Crippen molar-refractivity contribution >= 4 is 45.6 Å². The summed E-state index contributed by atoms with van der Waals surface area (Å²) in [6.07, 6.45) is 3.71. The van der Waals surface area contributed by atoms with E-state index < -0.39 is 5.97 Å². The van der Waals surface area contributed by atoms with E-state index >= 15 is 0 Å². The van der Waals surface area contributed by atoms with Gasteiger partial charge >= 0.3 is 5.97 Å². The summed E-state index contributed by atoms with van der Waals surface area (Å²) in [6, 6.07) is 17.5. The Morgan fingerprint density at radius 2 is 1.87 bits per heavy atom. The van der Waals surface area contributed by atoms with Crippen LogP contribution >= 0.6 is 27.7 Å². The molecule has 0 saturated carbocycles. The van der Waals surface area contributed by atoms with Gasteiger partial charge in [0.1, 0.15) is 17.1 Å². The maximum Gasteiger partial charge on any atom is 0.352 e. The number of nitrogens with zero attached hydrogens (tertiary/aromatic N) is 1. The molecule has 5 nitrogen and oxygen atoms in total. The predicted octanol–water partition coefficient (Wildman–Crippen LogP) is 4.01. The minimum Gasteiger partial charge on any atom is -0.477 e. The minimum absolute atomic E-state index is 0.0924. The highest BCUT2D eigenvalue weighted by atomic mass is 79.9. The number of nitrogens with one attached hydrogen (secondary N) is 1. The standard InChI is InChI=1S/C23H21BrN2O3S/c24-12-16-8-6-15(7-9-16)10-11-18-14-30-22-19(21(27)26(22)20(18)23(28)29)25-13-17-4-2-1-3-5-17/h1-11,19,22,25H,12-14H2,(H,28,29)/b11-10+. The molecule has 7 heteroatoms. The summed E-state index contributed by atoms with van der Waals surface area (Å²) < 4.78 is 0. The van der Waals surface area contributed by atoms with E-state index in [0.717, 1.165) is 16.5 Å². The summed E-state index contributed by atoms with van der Waals surface area (Å²) in [4.78, 5) is 26.1. The number of amides is 1. The summed E-state index contributed by atoms with van der Waals surface area (Å²) in [7, 11) is 0. The third-order valence-corrected chi connectivity index (χ3v) is 7.13. The third-order valence-electron chi connectivity index (χ3n) is 5.18. The first kappa shape index (κ1) is 20.9. The van der Waals surface area contributed by atoms with E-state index in [9.17, 15) is 14.7 Å². The molecule has 4 rings (SSSR count). The second kappa shape index (κ2) is 9.20. The van der Waals surface area contributed by atoms with Crippen LogP contribution in [-0.4, -0.2) is 39.1 Å². The molecule has 1 fully saturated rings. The monoisotopic (exact) mass is 484 g/mol. The van der Waals surface area contributed by atoms with Crippen molar-refractivity contribution in [3.63, 3.8) is 0 Å². The van der Waals surface area contributed by atoms with Crippen molar-refractivity contribution in [2.24, 2.45) is 0 Å². The first-order valence-electron chi connectivity index (χ1n) is 9.60. The molecule has 0 aliphatic carbocycles. The zero-order chi connectivity index (χ0) is 21.1. The van der Waals surface area contributed by atoms with Gasteiger partial charge in [-0.2, -0.15) is 0 Å². The van der Waals surface area contributed by atoms with E-state index in [1.807, 2.05) is 66.7 Å². The number of carbonyl (C=O) groups is 2. The van der Waals surface area contributed by atoms with Gasteiger partial charge in [0.2, 0.25) is 5.91 Å². The van der Waals surface area contributed by atoms with Crippen LogP contribution in [0.3, 0.4) is 0 Å². The fraction of sp³-hybridized carbons (Fsp3) is 0.217. The fourth-order valence-electron chi connectivity index (χ4n) is 3.56. The fourth-order valence-corrected chi connectivity index (χ4v) is 5.29. The number of hydrogen-bond acceptors (Lipinski definition) is 4. The van der Waals surface area contributed by atoms with E-state index in [-0.39, 0.29) is 23.0 Å². The Morgan fingerprint density at radius 1 is 1.13 bits per heavy atom. The summed E-state index contributed by atoms with van der Waals surface area (Å²) >= 11 is 5.02. The number of benzene rings is 2.